The second kappa shape index (κ2) is 5.02. The standard InChI is InChI=1S/C15H14N4/c1-2-16-14-7-8-17-15(19-14)12-9-11-5-3-4-6-13(11)18-10-12/h3-10H,2H2,1H3,(H,16,17,19). The first-order chi connectivity index (χ1) is 9.36. The van der Waals surface area contributed by atoms with Crippen LogP contribution in [0.25, 0.3) is 22.3 Å². The van der Waals surface area contributed by atoms with Gasteiger partial charge in [0, 0.05) is 29.9 Å². The zero-order chi connectivity index (χ0) is 13.1. The van der Waals surface area contributed by atoms with Crippen molar-refractivity contribution in [2.24, 2.45) is 0 Å². The molecule has 0 unspecified atom stereocenters. The minimum atomic E-state index is 0.691. The number of hydrogen-bond donors (Lipinski definition) is 1. The van der Waals surface area contributed by atoms with Crippen LogP contribution in [0.5, 0.6) is 0 Å². The quantitative estimate of drug-likeness (QED) is 0.776. The summed E-state index contributed by atoms with van der Waals surface area (Å²) >= 11 is 0. The van der Waals surface area contributed by atoms with Crippen LogP contribution in [0.1, 0.15) is 6.92 Å². The molecule has 4 heteroatoms. The summed E-state index contributed by atoms with van der Waals surface area (Å²) in [6, 6.07) is 11.9. The van der Waals surface area contributed by atoms with Gasteiger partial charge in [0.1, 0.15) is 5.82 Å². The number of aromatic nitrogens is 3. The predicted octanol–water partition coefficient (Wildman–Crippen LogP) is 3.12. The van der Waals surface area contributed by atoms with Gasteiger partial charge in [0.25, 0.3) is 0 Å². The van der Waals surface area contributed by atoms with Crippen molar-refractivity contribution >= 4 is 16.7 Å². The lowest BCUT2D eigenvalue weighted by atomic mass is 10.1. The molecule has 0 saturated heterocycles. The van der Waals surface area contributed by atoms with E-state index in [1.54, 1.807) is 6.20 Å². The number of fused-ring (bicyclic) bond motifs is 1. The Kier molecular flexibility index (Phi) is 3.06. The van der Waals surface area contributed by atoms with Crippen LogP contribution in [-0.2, 0) is 0 Å². The lowest BCUT2D eigenvalue weighted by Crippen LogP contribution is -2.00. The second-order valence-corrected chi connectivity index (χ2v) is 4.21. The lowest BCUT2D eigenvalue weighted by molar-refractivity contribution is 1.11. The molecule has 94 valence electrons. The molecule has 2 heterocycles. The van der Waals surface area contributed by atoms with Crippen molar-refractivity contribution in [1.29, 1.82) is 0 Å². The zero-order valence-corrected chi connectivity index (χ0v) is 10.7. The second-order valence-electron chi connectivity index (χ2n) is 4.21. The molecule has 0 atom stereocenters. The summed E-state index contributed by atoms with van der Waals surface area (Å²) in [5.74, 6) is 1.53. The highest BCUT2D eigenvalue weighted by Crippen LogP contribution is 2.20. The van der Waals surface area contributed by atoms with Crippen molar-refractivity contribution in [2.45, 2.75) is 6.92 Å². The van der Waals surface area contributed by atoms with E-state index >= 15 is 0 Å². The molecule has 19 heavy (non-hydrogen) atoms. The fourth-order valence-electron chi connectivity index (χ4n) is 1.97. The summed E-state index contributed by atoms with van der Waals surface area (Å²) in [4.78, 5) is 13.2. The van der Waals surface area contributed by atoms with E-state index in [0.717, 1.165) is 28.8 Å². The maximum absolute atomic E-state index is 4.48. The van der Waals surface area contributed by atoms with Crippen molar-refractivity contribution in [3.05, 3.63) is 48.8 Å². The third-order valence-corrected chi connectivity index (χ3v) is 2.86. The van der Waals surface area contributed by atoms with Crippen molar-refractivity contribution in [3.63, 3.8) is 0 Å². The first-order valence-corrected chi connectivity index (χ1v) is 6.29. The first-order valence-electron chi connectivity index (χ1n) is 6.29. The molecule has 0 fully saturated rings. The zero-order valence-electron chi connectivity index (χ0n) is 10.7. The Hall–Kier alpha value is -2.49. The molecular weight excluding hydrogens is 236 g/mol. The minimum absolute atomic E-state index is 0.691. The number of nitrogens with one attached hydrogen (secondary N) is 1. The molecule has 0 aliphatic rings. The van der Waals surface area contributed by atoms with E-state index in [2.05, 4.69) is 26.3 Å². The highest BCUT2D eigenvalue weighted by molar-refractivity contribution is 5.82. The van der Waals surface area contributed by atoms with Gasteiger partial charge < -0.3 is 5.32 Å². The van der Waals surface area contributed by atoms with Gasteiger partial charge in [-0.1, -0.05) is 18.2 Å². The molecule has 4 nitrogen and oxygen atoms in total. The molecule has 0 amide bonds. The average molecular weight is 250 g/mol. The number of rotatable bonds is 3. The smallest absolute Gasteiger partial charge is 0.163 e. The summed E-state index contributed by atoms with van der Waals surface area (Å²) in [7, 11) is 0. The van der Waals surface area contributed by atoms with Crippen LogP contribution < -0.4 is 5.32 Å². The number of anilines is 1. The van der Waals surface area contributed by atoms with E-state index in [1.807, 2.05) is 43.5 Å². The van der Waals surface area contributed by atoms with Crippen LogP contribution in [0.2, 0.25) is 0 Å². The number of nitrogens with zero attached hydrogens (tertiary/aromatic N) is 3. The molecule has 0 aliphatic carbocycles. The third-order valence-electron chi connectivity index (χ3n) is 2.86. The Morgan fingerprint density at radius 2 is 2.00 bits per heavy atom. The van der Waals surface area contributed by atoms with Gasteiger partial charge in [-0.05, 0) is 25.1 Å². The predicted molar refractivity (Wildman–Crippen MR) is 76.9 cm³/mol. The number of benzene rings is 1. The minimum Gasteiger partial charge on any atom is -0.370 e. The van der Waals surface area contributed by atoms with Gasteiger partial charge in [-0.3, -0.25) is 4.98 Å². The van der Waals surface area contributed by atoms with E-state index in [4.69, 9.17) is 0 Å². The Balaban J connectivity index is 2.05. The molecular formula is C15H14N4. The Labute approximate surface area is 111 Å². The molecule has 0 aliphatic heterocycles. The largest absolute Gasteiger partial charge is 0.370 e. The third kappa shape index (κ3) is 2.38. The van der Waals surface area contributed by atoms with Gasteiger partial charge in [-0.2, -0.15) is 0 Å². The van der Waals surface area contributed by atoms with E-state index in [-0.39, 0.29) is 0 Å². The van der Waals surface area contributed by atoms with Crippen molar-refractivity contribution in [1.82, 2.24) is 15.0 Å². The van der Waals surface area contributed by atoms with E-state index in [1.165, 1.54) is 0 Å². The van der Waals surface area contributed by atoms with E-state index < -0.39 is 0 Å². The Morgan fingerprint density at radius 3 is 2.89 bits per heavy atom. The summed E-state index contributed by atoms with van der Waals surface area (Å²) < 4.78 is 0. The number of pyridine rings is 1. The van der Waals surface area contributed by atoms with Crippen LogP contribution in [0.4, 0.5) is 5.82 Å². The van der Waals surface area contributed by atoms with Gasteiger partial charge in [0.05, 0.1) is 5.52 Å². The van der Waals surface area contributed by atoms with Gasteiger partial charge >= 0.3 is 0 Å². The maximum Gasteiger partial charge on any atom is 0.163 e. The number of para-hydroxylation sites is 1. The summed E-state index contributed by atoms with van der Waals surface area (Å²) in [6.07, 6.45) is 3.57. The molecule has 1 aromatic carbocycles. The highest BCUT2D eigenvalue weighted by atomic mass is 15.0. The molecule has 1 N–H and O–H groups in total. The first kappa shape index (κ1) is 11.6. The molecule has 2 aromatic heterocycles. The molecule has 0 spiro atoms. The molecule has 0 bridgehead atoms. The fraction of sp³-hybridized carbons (Fsp3) is 0.133. The van der Waals surface area contributed by atoms with Crippen molar-refractivity contribution < 1.29 is 0 Å². The van der Waals surface area contributed by atoms with E-state index in [0.29, 0.717) is 5.82 Å². The van der Waals surface area contributed by atoms with Crippen molar-refractivity contribution in [3.8, 4) is 11.4 Å². The number of hydrogen-bond acceptors (Lipinski definition) is 4. The normalized spacial score (nSPS) is 10.6. The monoisotopic (exact) mass is 250 g/mol. The lowest BCUT2D eigenvalue weighted by Gasteiger charge is -2.05. The summed E-state index contributed by atoms with van der Waals surface area (Å²) in [5, 5.41) is 4.28. The van der Waals surface area contributed by atoms with Crippen LogP contribution >= 0.6 is 0 Å². The topological polar surface area (TPSA) is 50.7 Å². The summed E-state index contributed by atoms with van der Waals surface area (Å²) in [6.45, 7) is 2.88. The van der Waals surface area contributed by atoms with Crippen LogP contribution in [-0.4, -0.2) is 21.5 Å². The van der Waals surface area contributed by atoms with Crippen molar-refractivity contribution in [2.75, 3.05) is 11.9 Å². The van der Waals surface area contributed by atoms with Gasteiger partial charge in [0.2, 0.25) is 0 Å². The van der Waals surface area contributed by atoms with Gasteiger partial charge in [-0.25, -0.2) is 9.97 Å². The van der Waals surface area contributed by atoms with Gasteiger partial charge in [-0.15, -0.1) is 0 Å². The van der Waals surface area contributed by atoms with Gasteiger partial charge in [0.15, 0.2) is 5.82 Å². The molecule has 0 radical (unpaired) electrons. The Bertz CT molecular complexity index is 709. The molecule has 0 saturated carbocycles. The van der Waals surface area contributed by atoms with Crippen LogP contribution in [0.3, 0.4) is 0 Å². The van der Waals surface area contributed by atoms with Crippen LogP contribution in [0, 0.1) is 0 Å². The molecule has 3 rings (SSSR count). The fourth-order valence-corrected chi connectivity index (χ4v) is 1.97. The van der Waals surface area contributed by atoms with E-state index in [9.17, 15) is 0 Å². The summed E-state index contributed by atoms with van der Waals surface area (Å²) in [5.41, 5.74) is 1.91. The SMILES string of the molecule is CCNc1ccnc(-c2cnc3ccccc3c2)n1. The average Bonchev–Trinajstić information content (AvgIpc) is 2.47. The maximum atomic E-state index is 4.48. The Morgan fingerprint density at radius 1 is 1.11 bits per heavy atom. The molecule has 3 aromatic rings. The van der Waals surface area contributed by atoms with Crippen LogP contribution in [0.15, 0.2) is 48.8 Å². The highest BCUT2D eigenvalue weighted by Gasteiger charge is 2.04.